The second-order valence-electron chi connectivity index (χ2n) is 6.81. The number of piperazine rings is 1. The molecular formula is C18H24ClN3O2. The zero-order valence-corrected chi connectivity index (χ0v) is 14.8. The summed E-state index contributed by atoms with van der Waals surface area (Å²) in [5, 5.41) is 3.65. The number of hydrogen-bond donors (Lipinski definition) is 1. The van der Waals surface area contributed by atoms with Gasteiger partial charge in [-0.2, -0.15) is 0 Å². The zero-order valence-electron chi connectivity index (χ0n) is 14.1. The summed E-state index contributed by atoms with van der Waals surface area (Å²) < 4.78 is 0. The van der Waals surface area contributed by atoms with Gasteiger partial charge in [0.2, 0.25) is 11.8 Å². The topological polar surface area (TPSA) is 52.7 Å². The molecule has 0 bridgehead atoms. The van der Waals surface area contributed by atoms with E-state index in [2.05, 4.69) is 17.3 Å². The van der Waals surface area contributed by atoms with E-state index in [1.54, 1.807) is 0 Å². The van der Waals surface area contributed by atoms with Gasteiger partial charge in [-0.3, -0.25) is 9.59 Å². The minimum Gasteiger partial charge on any atom is -0.355 e. The van der Waals surface area contributed by atoms with Gasteiger partial charge in [0.1, 0.15) is 5.41 Å². The van der Waals surface area contributed by atoms with Crippen LogP contribution in [0.1, 0.15) is 18.4 Å². The molecule has 1 saturated carbocycles. The van der Waals surface area contributed by atoms with Crippen LogP contribution in [-0.4, -0.2) is 61.4 Å². The normalized spacial score (nSPS) is 19.8. The van der Waals surface area contributed by atoms with Crippen LogP contribution in [0.5, 0.6) is 0 Å². The first-order chi connectivity index (χ1) is 11.5. The van der Waals surface area contributed by atoms with Crippen molar-refractivity contribution in [2.45, 2.75) is 19.3 Å². The van der Waals surface area contributed by atoms with Gasteiger partial charge >= 0.3 is 0 Å². The molecule has 0 aromatic heterocycles. The van der Waals surface area contributed by atoms with E-state index in [9.17, 15) is 9.59 Å². The van der Waals surface area contributed by atoms with Crippen LogP contribution in [0.2, 0.25) is 5.02 Å². The molecular weight excluding hydrogens is 326 g/mol. The molecule has 0 spiro atoms. The smallest absolute Gasteiger partial charge is 0.238 e. The Balaban J connectivity index is 1.50. The first kappa shape index (κ1) is 17.2. The summed E-state index contributed by atoms with van der Waals surface area (Å²) in [4.78, 5) is 29.3. The maximum atomic E-state index is 12.7. The Morgan fingerprint density at radius 2 is 1.75 bits per heavy atom. The van der Waals surface area contributed by atoms with E-state index in [1.807, 2.05) is 29.2 Å². The lowest BCUT2D eigenvalue weighted by molar-refractivity contribution is -0.145. The van der Waals surface area contributed by atoms with E-state index in [1.165, 1.54) is 0 Å². The third-order valence-electron chi connectivity index (χ3n) is 5.00. The average Bonchev–Trinajstić information content (AvgIpc) is 3.38. The van der Waals surface area contributed by atoms with Crippen molar-refractivity contribution in [1.82, 2.24) is 15.1 Å². The molecule has 1 aliphatic carbocycles. The molecule has 6 heteroatoms. The Hall–Kier alpha value is -1.59. The summed E-state index contributed by atoms with van der Waals surface area (Å²) in [5.41, 5.74) is 0.325. The molecule has 0 atom stereocenters. The summed E-state index contributed by atoms with van der Waals surface area (Å²) in [7, 11) is 2.05. The van der Waals surface area contributed by atoms with Crippen molar-refractivity contribution >= 4 is 23.4 Å². The number of likely N-dealkylation sites (N-methyl/N-ethyl adjacent to an activating group) is 1. The Kier molecular flexibility index (Phi) is 5.11. The second-order valence-corrected chi connectivity index (χ2v) is 7.25. The second kappa shape index (κ2) is 7.11. The minimum atomic E-state index is -0.796. The first-order valence-corrected chi connectivity index (χ1v) is 8.90. The van der Waals surface area contributed by atoms with Gasteiger partial charge in [-0.05, 0) is 44.0 Å². The van der Waals surface area contributed by atoms with Gasteiger partial charge in [-0.25, -0.2) is 0 Å². The maximum absolute atomic E-state index is 12.7. The third kappa shape index (κ3) is 3.73. The number of halogens is 1. The average molecular weight is 350 g/mol. The van der Waals surface area contributed by atoms with Crippen molar-refractivity contribution in [1.29, 1.82) is 0 Å². The Labute approximate surface area is 147 Å². The molecule has 0 unspecified atom stereocenters. The predicted octanol–water partition coefficient (Wildman–Crippen LogP) is 1.55. The molecule has 1 heterocycles. The van der Waals surface area contributed by atoms with Gasteiger partial charge in [0.05, 0.1) is 0 Å². The summed E-state index contributed by atoms with van der Waals surface area (Å²) in [6.07, 6.45) is 2.08. The lowest BCUT2D eigenvalue weighted by Crippen LogP contribution is -2.52. The fourth-order valence-electron chi connectivity index (χ4n) is 3.12. The Morgan fingerprint density at radius 1 is 1.12 bits per heavy atom. The standard InChI is InChI=1S/C18H24ClN3O2/c1-21-10-12-22(13-11-21)17(24)18(7-8-18)16(23)20-9-6-14-2-4-15(19)5-3-14/h2-5H,6-13H2,1H3,(H,20,23). The molecule has 0 radical (unpaired) electrons. The molecule has 1 aromatic rings. The fraction of sp³-hybridized carbons (Fsp3) is 0.556. The number of benzene rings is 1. The quantitative estimate of drug-likeness (QED) is 0.821. The van der Waals surface area contributed by atoms with Crippen LogP contribution >= 0.6 is 11.6 Å². The zero-order chi connectivity index (χ0) is 17.2. The number of nitrogens with one attached hydrogen (secondary N) is 1. The Bertz CT molecular complexity index is 605. The fourth-order valence-corrected chi connectivity index (χ4v) is 3.24. The Morgan fingerprint density at radius 3 is 2.33 bits per heavy atom. The first-order valence-electron chi connectivity index (χ1n) is 8.52. The van der Waals surface area contributed by atoms with Crippen LogP contribution in [0.15, 0.2) is 24.3 Å². The molecule has 3 rings (SSSR count). The number of nitrogens with zero attached hydrogens (tertiary/aromatic N) is 2. The highest BCUT2D eigenvalue weighted by molar-refractivity contribution is 6.30. The molecule has 1 aliphatic heterocycles. The maximum Gasteiger partial charge on any atom is 0.238 e. The summed E-state index contributed by atoms with van der Waals surface area (Å²) in [6, 6.07) is 7.60. The highest BCUT2D eigenvalue weighted by Gasteiger charge is 2.57. The lowest BCUT2D eigenvalue weighted by Gasteiger charge is -2.34. The number of amides is 2. The van der Waals surface area contributed by atoms with Crippen molar-refractivity contribution in [3.05, 3.63) is 34.9 Å². The molecule has 1 saturated heterocycles. The van der Waals surface area contributed by atoms with Gasteiger partial charge in [0.15, 0.2) is 0 Å². The predicted molar refractivity (Wildman–Crippen MR) is 93.9 cm³/mol. The van der Waals surface area contributed by atoms with Crippen LogP contribution in [0.4, 0.5) is 0 Å². The minimum absolute atomic E-state index is 0.0135. The lowest BCUT2D eigenvalue weighted by atomic mass is 10.0. The number of rotatable bonds is 5. The van der Waals surface area contributed by atoms with E-state index in [0.717, 1.165) is 38.2 Å². The molecule has 5 nitrogen and oxygen atoms in total. The molecule has 1 aromatic carbocycles. The van der Waals surface area contributed by atoms with E-state index in [0.29, 0.717) is 24.4 Å². The van der Waals surface area contributed by atoms with Gasteiger partial charge in [-0.15, -0.1) is 0 Å². The monoisotopic (exact) mass is 349 g/mol. The van der Waals surface area contributed by atoms with E-state index >= 15 is 0 Å². The third-order valence-corrected chi connectivity index (χ3v) is 5.25. The molecule has 2 amide bonds. The summed E-state index contributed by atoms with van der Waals surface area (Å²) >= 11 is 5.87. The van der Waals surface area contributed by atoms with E-state index in [-0.39, 0.29) is 11.8 Å². The molecule has 1 N–H and O–H groups in total. The van der Waals surface area contributed by atoms with Crippen molar-refractivity contribution in [3.8, 4) is 0 Å². The van der Waals surface area contributed by atoms with Crippen molar-refractivity contribution in [3.63, 3.8) is 0 Å². The van der Waals surface area contributed by atoms with Gasteiger partial charge < -0.3 is 15.1 Å². The number of carbonyl (C=O) groups is 2. The van der Waals surface area contributed by atoms with Crippen LogP contribution in [0.25, 0.3) is 0 Å². The van der Waals surface area contributed by atoms with Crippen LogP contribution in [0.3, 0.4) is 0 Å². The number of carbonyl (C=O) groups excluding carboxylic acids is 2. The highest BCUT2D eigenvalue weighted by atomic mass is 35.5. The van der Waals surface area contributed by atoms with E-state index < -0.39 is 5.41 Å². The summed E-state index contributed by atoms with van der Waals surface area (Å²) in [5.74, 6) is -0.0972. The summed E-state index contributed by atoms with van der Waals surface area (Å²) in [6.45, 7) is 3.72. The number of hydrogen-bond acceptors (Lipinski definition) is 3. The van der Waals surface area contributed by atoms with Crippen molar-refractivity contribution < 1.29 is 9.59 Å². The van der Waals surface area contributed by atoms with Crippen LogP contribution in [0, 0.1) is 5.41 Å². The molecule has 24 heavy (non-hydrogen) atoms. The largest absolute Gasteiger partial charge is 0.355 e. The molecule has 130 valence electrons. The molecule has 2 aliphatic rings. The van der Waals surface area contributed by atoms with Gasteiger partial charge in [0, 0.05) is 37.7 Å². The van der Waals surface area contributed by atoms with Crippen LogP contribution < -0.4 is 5.32 Å². The van der Waals surface area contributed by atoms with Crippen molar-refractivity contribution in [2.75, 3.05) is 39.8 Å². The molecule has 2 fully saturated rings. The van der Waals surface area contributed by atoms with E-state index in [4.69, 9.17) is 11.6 Å². The SMILES string of the molecule is CN1CCN(C(=O)C2(C(=O)NCCc3ccc(Cl)cc3)CC2)CC1. The van der Waals surface area contributed by atoms with Gasteiger partial charge in [-0.1, -0.05) is 23.7 Å². The highest BCUT2D eigenvalue weighted by Crippen LogP contribution is 2.47. The van der Waals surface area contributed by atoms with Crippen molar-refractivity contribution in [2.24, 2.45) is 5.41 Å². The van der Waals surface area contributed by atoms with Crippen LogP contribution in [-0.2, 0) is 16.0 Å². The van der Waals surface area contributed by atoms with Gasteiger partial charge in [0.25, 0.3) is 0 Å².